The molecule has 1 N–H and O–H groups in total. The second-order valence-corrected chi connectivity index (χ2v) is 4.37. The summed E-state index contributed by atoms with van der Waals surface area (Å²) in [5.41, 5.74) is 2.20. The van der Waals surface area contributed by atoms with Gasteiger partial charge in [0.05, 0.1) is 6.61 Å². The molecule has 0 spiro atoms. The molecule has 1 aromatic rings. The summed E-state index contributed by atoms with van der Waals surface area (Å²) in [6, 6.07) is 6.07. The van der Waals surface area contributed by atoms with Gasteiger partial charge in [-0.05, 0) is 47.5 Å². The summed E-state index contributed by atoms with van der Waals surface area (Å²) in [6.07, 6.45) is 3.17. The van der Waals surface area contributed by atoms with Gasteiger partial charge < -0.3 is 10.1 Å². The molecule has 0 radical (unpaired) electrons. The van der Waals surface area contributed by atoms with Crippen molar-refractivity contribution in [2.75, 3.05) is 18.5 Å². The number of carbonyl (C=O) groups is 1. The van der Waals surface area contributed by atoms with Crippen LogP contribution in [0.3, 0.4) is 0 Å². The number of benzene rings is 1. The first-order valence-corrected chi connectivity index (χ1v) is 6.26. The van der Waals surface area contributed by atoms with Crippen molar-refractivity contribution in [1.29, 1.82) is 0 Å². The highest BCUT2D eigenvalue weighted by atomic mass is 79.9. The highest BCUT2D eigenvalue weighted by Crippen LogP contribution is 2.22. The summed E-state index contributed by atoms with van der Waals surface area (Å²) >= 11 is 3.47. The Hall–Kier alpha value is -1.29. The fourth-order valence-electron chi connectivity index (χ4n) is 1.28. The van der Waals surface area contributed by atoms with Crippen molar-refractivity contribution in [2.45, 2.75) is 13.8 Å². The molecular weight excluding hydrogens is 282 g/mol. The van der Waals surface area contributed by atoms with Crippen LogP contribution < -0.4 is 5.32 Å². The number of rotatable bonds is 5. The highest BCUT2D eigenvalue weighted by molar-refractivity contribution is 9.10. The van der Waals surface area contributed by atoms with E-state index in [9.17, 15) is 4.79 Å². The smallest absolute Gasteiger partial charge is 0.330 e. The number of aryl methyl sites for hydroxylation is 1. The normalized spacial score (nSPS) is 10.5. The Balaban J connectivity index is 2.43. The minimum atomic E-state index is -0.308. The maximum Gasteiger partial charge on any atom is 0.330 e. The van der Waals surface area contributed by atoms with Crippen molar-refractivity contribution in [3.05, 3.63) is 40.4 Å². The van der Waals surface area contributed by atoms with Gasteiger partial charge in [0.1, 0.15) is 0 Å². The first kappa shape index (κ1) is 13.8. The van der Waals surface area contributed by atoms with Gasteiger partial charge in [0.25, 0.3) is 0 Å². The fraction of sp³-hybridized carbons (Fsp3) is 0.308. The molecule has 0 fully saturated rings. The van der Waals surface area contributed by atoms with Crippen molar-refractivity contribution in [2.24, 2.45) is 0 Å². The highest BCUT2D eigenvalue weighted by Gasteiger charge is 1.98. The van der Waals surface area contributed by atoms with Crippen LogP contribution in [0.4, 0.5) is 5.69 Å². The van der Waals surface area contributed by atoms with Crippen molar-refractivity contribution >= 4 is 27.6 Å². The Morgan fingerprint density at radius 1 is 1.53 bits per heavy atom. The van der Waals surface area contributed by atoms with Crippen molar-refractivity contribution in [3.63, 3.8) is 0 Å². The Bertz CT molecular complexity index is 416. The molecule has 0 aliphatic heterocycles. The van der Waals surface area contributed by atoms with Gasteiger partial charge in [0.15, 0.2) is 0 Å². The van der Waals surface area contributed by atoms with E-state index in [2.05, 4.69) is 21.2 Å². The number of anilines is 1. The molecule has 0 bridgehead atoms. The lowest BCUT2D eigenvalue weighted by atomic mass is 10.2. The van der Waals surface area contributed by atoms with E-state index in [1.807, 2.05) is 25.1 Å². The predicted molar refractivity (Wildman–Crippen MR) is 73.1 cm³/mol. The minimum Gasteiger partial charge on any atom is -0.463 e. The maximum absolute atomic E-state index is 11.0. The summed E-state index contributed by atoms with van der Waals surface area (Å²) in [5, 5.41) is 3.20. The van der Waals surface area contributed by atoms with Crippen LogP contribution >= 0.6 is 15.9 Å². The van der Waals surface area contributed by atoms with Crippen molar-refractivity contribution < 1.29 is 9.53 Å². The lowest BCUT2D eigenvalue weighted by Crippen LogP contribution is -2.02. The molecule has 0 heterocycles. The number of carbonyl (C=O) groups excluding carboxylic acids is 1. The zero-order valence-electron chi connectivity index (χ0n) is 10.00. The topological polar surface area (TPSA) is 38.3 Å². The Morgan fingerprint density at radius 2 is 2.29 bits per heavy atom. The molecule has 3 nitrogen and oxygen atoms in total. The van der Waals surface area contributed by atoms with Gasteiger partial charge in [0.2, 0.25) is 0 Å². The van der Waals surface area contributed by atoms with Gasteiger partial charge in [-0.1, -0.05) is 12.1 Å². The minimum absolute atomic E-state index is 0.308. The number of nitrogens with one attached hydrogen (secondary N) is 1. The zero-order valence-corrected chi connectivity index (χ0v) is 11.6. The van der Waals surface area contributed by atoms with E-state index in [4.69, 9.17) is 4.74 Å². The molecule has 1 rings (SSSR count). The SMILES string of the molecule is CCOC(=O)/C=C/CNc1ccc(C)cc1Br. The third-order valence-corrected chi connectivity index (χ3v) is 2.73. The summed E-state index contributed by atoms with van der Waals surface area (Å²) in [7, 11) is 0. The third kappa shape index (κ3) is 5.04. The van der Waals surface area contributed by atoms with E-state index < -0.39 is 0 Å². The van der Waals surface area contributed by atoms with E-state index in [-0.39, 0.29) is 5.97 Å². The molecule has 0 atom stereocenters. The van der Waals surface area contributed by atoms with E-state index >= 15 is 0 Å². The largest absolute Gasteiger partial charge is 0.463 e. The quantitative estimate of drug-likeness (QED) is 0.669. The number of hydrogen-bond donors (Lipinski definition) is 1. The second-order valence-electron chi connectivity index (χ2n) is 3.52. The second kappa shape index (κ2) is 7.12. The van der Waals surface area contributed by atoms with Crippen LogP contribution in [0, 0.1) is 6.92 Å². The Kier molecular flexibility index (Phi) is 5.77. The molecule has 4 heteroatoms. The summed E-state index contributed by atoms with van der Waals surface area (Å²) in [5.74, 6) is -0.308. The molecule has 0 aliphatic carbocycles. The molecule has 1 aromatic carbocycles. The lowest BCUT2D eigenvalue weighted by molar-refractivity contribution is -0.137. The number of hydrogen-bond acceptors (Lipinski definition) is 3. The van der Waals surface area contributed by atoms with Crippen LogP contribution in [-0.2, 0) is 9.53 Å². The average molecular weight is 298 g/mol. The predicted octanol–water partition coefficient (Wildman–Crippen LogP) is 3.29. The van der Waals surface area contributed by atoms with Crippen molar-refractivity contribution in [1.82, 2.24) is 0 Å². The van der Waals surface area contributed by atoms with Gasteiger partial charge in [-0.2, -0.15) is 0 Å². The Labute approximate surface area is 110 Å². The van der Waals surface area contributed by atoms with Crippen LogP contribution in [0.1, 0.15) is 12.5 Å². The Morgan fingerprint density at radius 3 is 2.94 bits per heavy atom. The summed E-state index contributed by atoms with van der Waals surface area (Å²) in [6.45, 7) is 4.81. The summed E-state index contributed by atoms with van der Waals surface area (Å²) in [4.78, 5) is 11.0. The van der Waals surface area contributed by atoms with Gasteiger partial charge in [0, 0.05) is 22.8 Å². The summed E-state index contributed by atoms with van der Waals surface area (Å²) < 4.78 is 5.79. The maximum atomic E-state index is 11.0. The van der Waals surface area contributed by atoms with Crippen molar-refractivity contribution in [3.8, 4) is 0 Å². The van der Waals surface area contributed by atoms with E-state index in [1.165, 1.54) is 11.6 Å². The van der Waals surface area contributed by atoms with Crippen LogP contribution in [0.25, 0.3) is 0 Å². The first-order chi connectivity index (χ1) is 8.13. The first-order valence-electron chi connectivity index (χ1n) is 5.46. The standard InChI is InChI=1S/C13H16BrNO2/c1-3-17-13(16)5-4-8-15-12-7-6-10(2)9-11(12)14/h4-7,9,15H,3,8H2,1-2H3/b5-4+. The zero-order chi connectivity index (χ0) is 12.7. The number of halogens is 1. The molecule has 0 aliphatic rings. The molecule has 0 amide bonds. The molecule has 0 saturated heterocycles. The molecule has 0 saturated carbocycles. The average Bonchev–Trinajstić information content (AvgIpc) is 2.27. The lowest BCUT2D eigenvalue weighted by Gasteiger charge is -2.06. The number of ether oxygens (including phenoxy) is 1. The molecular formula is C13H16BrNO2. The van der Waals surface area contributed by atoms with Crippen LogP contribution in [0.15, 0.2) is 34.8 Å². The van der Waals surface area contributed by atoms with Crippen LogP contribution in [0.2, 0.25) is 0 Å². The van der Waals surface area contributed by atoms with Gasteiger partial charge in [-0.3, -0.25) is 0 Å². The van der Waals surface area contributed by atoms with E-state index in [0.717, 1.165) is 10.2 Å². The van der Waals surface area contributed by atoms with Gasteiger partial charge in [-0.15, -0.1) is 0 Å². The molecule has 92 valence electrons. The third-order valence-electron chi connectivity index (χ3n) is 2.08. The van der Waals surface area contributed by atoms with E-state index in [0.29, 0.717) is 13.2 Å². The monoisotopic (exact) mass is 297 g/mol. The van der Waals surface area contributed by atoms with Crippen LogP contribution in [-0.4, -0.2) is 19.1 Å². The van der Waals surface area contributed by atoms with Gasteiger partial charge >= 0.3 is 5.97 Å². The number of esters is 1. The van der Waals surface area contributed by atoms with Crippen LogP contribution in [0.5, 0.6) is 0 Å². The molecule has 0 aromatic heterocycles. The van der Waals surface area contributed by atoms with E-state index in [1.54, 1.807) is 13.0 Å². The molecule has 0 unspecified atom stereocenters. The van der Waals surface area contributed by atoms with Gasteiger partial charge in [-0.25, -0.2) is 4.79 Å². The fourth-order valence-corrected chi connectivity index (χ4v) is 1.91. The molecule has 17 heavy (non-hydrogen) atoms.